The third kappa shape index (κ3) is 4.68. The average molecular weight is 491 g/mol. The Kier molecular flexibility index (Phi) is 7.15. The first-order chi connectivity index (χ1) is 15.9. The van der Waals surface area contributed by atoms with Gasteiger partial charge in [-0.2, -0.15) is 0 Å². The summed E-state index contributed by atoms with van der Waals surface area (Å²) < 4.78 is 9.97. The Balaban J connectivity index is 1.61. The molecule has 0 bridgehead atoms. The fourth-order valence-corrected chi connectivity index (χ4v) is 5.36. The lowest BCUT2D eigenvalue weighted by atomic mass is 10.2. The highest BCUT2D eigenvalue weighted by molar-refractivity contribution is 7.99. The Morgan fingerprint density at radius 3 is 2.82 bits per heavy atom. The predicted molar refractivity (Wildman–Crippen MR) is 128 cm³/mol. The average Bonchev–Trinajstić information content (AvgIpc) is 3.57. The number of ketones is 1. The summed E-state index contributed by atoms with van der Waals surface area (Å²) in [6.07, 6.45) is 2.67. The molecule has 1 aliphatic heterocycles. The maximum absolute atomic E-state index is 13.1. The summed E-state index contributed by atoms with van der Waals surface area (Å²) in [7, 11) is 1.35. The van der Waals surface area contributed by atoms with Crippen molar-refractivity contribution in [3.63, 3.8) is 0 Å². The number of anilines is 1. The van der Waals surface area contributed by atoms with Crippen molar-refractivity contribution in [2.24, 2.45) is 7.05 Å². The van der Waals surface area contributed by atoms with Gasteiger partial charge in [0.15, 0.2) is 16.8 Å². The van der Waals surface area contributed by atoms with E-state index in [0.717, 1.165) is 34.7 Å². The molecule has 33 heavy (non-hydrogen) atoms. The molecule has 1 atom stereocenters. The van der Waals surface area contributed by atoms with Crippen LogP contribution in [0.5, 0.6) is 0 Å². The zero-order chi connectivity index (χ0) is 23.5. The van der Waals surface area contributed by atoms with Crippen molar-refractivity contribution < 1.29 is 9.53 Å². The molecule has 1 unspecified atom stereocenters. The van der Waals surface area contributed by atoms with Crippen LogP contribution in [0.15, 0.2) is 32.3 Å². The quantitative estimate of drug-likeness (QED) is 0.356. The summed E-state index contributed by atoms with van der Waals surface area (Å²) >= 11 is 2.76. The van der Waals surface area contributed by atoms with E-state index in [9.17, 15) is 14.4 Å². The number of rotatable bonds is 9. The van der Waals surface area contributed by atoms with Crippen molar-refractivity contribution >= 4 is 34.7 Å². The third-order valence-corrected chi connectivity index (χ3v) is 7.34. The van der Waals surface area contributed by atoms with Gasteiger partial charge in [-0.1, -0.05) is 24.8 Å². The molecule has 0 aromatic carbocycles. The van der Waals surface area contributed by atoms with Crippen LogP contribution < -0.4 is 17.0 Å². The van der Waals surface area contributed by atoms with Gasteiger partial charge in [-0.3, -0.25) is 23.3 Å². The number of thiophene rings is 1. The number of carbonyl (C=O) groups is 1. The molecule has 1 saturated heterocycles. The number of nitrogens with zero attached hydrogens (tertiary/aromatic N) is 5. The number of aromatic nitrogens is 5. The van der Waals surface area contributed by atoms with Crippen molar-refractivity contribution in [2.75, 3.05) is 18.1 Å². The molecule has 0 aliphatic carbocycles. The molecule has 0 radical (unpaired) electrons. The van der Waals surface area contributed by atoms with Crippen LogP contribution in [0.4, 0.5) is 5.82 Å². The number of ether oxygens (including phenoxy) is 1. The SMILES string of the molecule is CCCn1c(N)c(C(=O)CSc2nnc(-c3cccs3)n2CC2CCCO2)c(=O)n(C)c1=O. The van der Waals surface area contributed by atoms with Crippen LogP contribution >= 0.6 is 23.1 Å². The Bertz CT molecular complexity index is 1260. The maximum Gasteiger partial charge on any atom is 0.332 e. The van der Waals surface area contributed by atoms with Gasteiger partial charge in [-0.05, 0) is 30.7 Å². The van der Waals surface area contributed by atoms with Crippen LogP contribution in [0.2, 0.25) is 0 Å². The van der Waals surface area contributed by atoms with Gasteiger partial charge in [0.2, 0.25) is 0 Å². The van der Waals surface area contributed by atoms with Crippen LogP contribution in [0, 0.1) is 0 Å². The number of carbonyl (C=O) groups excluding carboxylic acids is 1. The summed E-state index contributed by atoms with van der Waals surface area (Å²) in [4.78, 5) is 39.1. The molecule has 0 spiro atoms. The van der Waals surface area contributed by atoms with E-state index in [0.29, 0.717) is 24.7 Å². The molecule has 3 aromatic heterocycles. The van der Waals surface area contributed by atoms with Gasteiger partial charge >= 0.3 is 5.69 Å². The molecule has 4 heterocycles. The van der Waals surface area contributed by atoms with E-state index in [1.165, 1.54) is 23.4 Å². The number of hydrogen-bond donors (Lipinski definition) is 1. The summed E-state index contributed by atoms with van der Waals surface area (Å²) in [6.45, 7) is 3.53. The highest BCUT2D eigenvalue weighted by Crippen LogP contribution is 2.29. The van der Waals surface area contributed by atoms with Crippen LogP contribution in [0.1, 0.15) is 36.5 Å². The number of hydrogen-bond acceptors (Lipinski definition) is 9. The van der Waals surface area contributed by atoms with Crippen LogP contribution in [0.3, 0.4) is 0 Å². The molecule has 4 rings (SSSR count). The fourth-order valence-electron chi connectivity index (χ4n) is 3.83. The predicted octanol–water partition coefficient (Wildman–Crippen LogP) is 2.01. The van der Waals surface area contributed by atoms with E-state index < -0.39 is 17.0 Å². The normalized spacial score (nSPS) is 15.9. The third-order valence-electron chi connectivity index (χ3n) is 5.51. The molecule has 2 N–H and O–H groups in total. The number of nitrogen functional groups attached to an aromatic ring is 1. The Morgan fingerprint density at radius 1 is 1.33 bits per heavy atom. The molecule has 1 fully saturated rings. The standard InChI is InChI=1S/C21H26N6O4S2/c1-3-8-26-17(22)16(19(29)25(2)21(26)30)14(28)12-33-20-24-23-18(15-7-5-10-32-15)27(20)11-13-6-4-9-31-13/h5,7,10,13H,3-4,6,8-9,11-12,22H2,1-2H3. The first-order valence-corrected chi connectivity index (χ1v) is 12.6. The fraction of sp³-hybridized carbons (Fsp3) is 0.476. The van der Waals surface area contributed by atoms with E-state index in [1.54, 1.807) is 11.3 Å². The molecule has 10 nitrogen and oxygen atoms in total. The first kappa shape index (κ1) is 23.5. The van der Waals surface area contributed by atoms with E-state index in [1.807, 2.05) is 29.0 Å². The molecule has 0 saturated carbocycles. The molecule has 0 amide bonds. The second kappa shape index (κ2) is 10.1. The van der Waals surface area contributed by atoms with Crippen molar-refractivity contribution in [3.8, 4) is 10.7 Å². The second-order valence-electron chi connectivity index (χ2n) is 7.80. The molecule has 1 aliphatic rings. The lowest BCUT2D eigenvalue weighted by Crippen LogP contribution is -2.42. The lowest BCUT2D eigenvalue weighted by Gasteiger charge is -2.15. The Morgan fingerprint density at radius 2 is 2.15 bits per heavy atom. The van der Waals surface area contributed by atoms with Gasteiger partial charge in [0, 0.05) is 20.2 Å². The summed E-state index contributed by atoms with van der Waals surface area (Å²) in [5, 5.41) is 11.2. The van der Waals surface area contributed by atoms with E-state index in [-0.39, 0.29) is 23.2 Å². The van der Waals surface area contributed by atoms with Crippen molar-refractivity contribution in [3.05, 3.63) is 43.9 Å². The van der Waals surface area contributed by atoms with Gasteiger partial charge in [0.25, 0.3) is 5.56 Å². The Hall–Kier alpha value is -2.70. The van der Waals surface area contributed by atoms with Crippen LogP contribution in [-0.2, 0) is 24.9 Å². The van der Waals surface area contributed by atoms with E-state index in [2.05, 4.69) is 10.2 Å². The maximum atomic E-state index is 13.1. The second-order valence-corrected chi connectivity index (χ2v) is 9.69. The summed E-state index contributed by atoms with van der Waals surface area (Å²) in [5.74, 6) is 0.128. The van der Waals surface area contributed by atoms with E-state index >= 15 is 0 Å². The summed E-state index contributed by atoms with van der Waals surface area (Å²) in [5.41, 5.74) is 4.71. The first-order valence-electron chi connectivity index (χ1n) is 10.8. The van der Waals surface area contributed by atoms with Gasteiger partial charge in [-0.15, -0.1) is 21.5 Å². The molecule has 12 heteroatoms. The topological polar surface area (TPSA) is 127 Å². The Labute approximate surface area is 198 Å². The molecule has 3 aromatic rings. The molecular weight excluding hydrogens is 464 g/mol. The smallest absolute Gasteiger partial charge is 0.332 e. The molecule has 176 valence electrons. The van der Waals surface area contributed by atoms with Crippen molar-refractivity contribution in [2.45, 2.75) is 50.5 Å². The minimum Gasteiger partial charge on any atom is -0.384 e. The van der Waals surface area contributed by atoms with Crippen molar-refractivity contribution in [1.82, 2.24) is 23.9 Å². The van der Waals surface area contributed by atoms with Crippen LogP contribution in [0.25, 0.3) is 10.7 Å². The molecular formula is C21H26N6O4S2. The van der Waals surface area contributed by atoms with Gasteiger partial charge in [0.1, 0.15) is 11.4 Å². The highest BCUT2D eigenvalue weighted by Gasteiger charge is 2.25. The lowest BCUT2D eigenvalue weighted by molar-refractivity contribution is 0.0953. The summed E-state index contributed by atoms with van der Waals surface area (Å²) in [6, 6.07) is 3.92. The van der Waals surface area contributed by atoms with Crippen LogP contribution in [-0.4, -0.2) is 48.1 Å². The van der Waals surface area contributed by atoms with Gasteiger partial charge < -0.3 is 10.5 Å². The van der Waals surface area contributed by atoms with Gasteiger partial charge in [0.05, 0.1) is 23.3 Å². The number of Topliss-reactive ketones (excluding diaryl/α,β-unsaturated/α-hetero) is 1. The zero-order valence-electron chi connectivity index (χ0n) is 18.5. The van der Waals surface area contributed by atoms with Gasteiger partial charge in [-0.25, -0.2) is 4.79 Å². The van der Waals surface area contributed by atoms with Crippen molar-refractivity contribution in [1.29, 1.82) is 0 Å². The minimum atomic E-state index is -0.685. The highest BCUT2D eigenvalue weighted by atomic mass is 32.2. The van der Waals surface area contributed by atoms with E-state index in [4.69, 9.17) is 10.5 Å². The largest absolute Gasteiger partial charge is 0.384 e. The number of nitrogens with two attached hydrogens (primary N) is 1. The number of thioether (sulfide) groups is 1. The monoisotopic (exact) mass is 490 g/mol. The minimum absolute atomic E-state index is 0.0577. The zero-order valence-corrected chi connectivity index (χ0v) is 20.2.